The first kappa shape index (κ1) is 22.7. The molecule has 7 heteroatoms. The predicted octanol–water partition coefficient (Wildman–Crippen LogP) is 2.42. The zero-order valence-corrected chi connectivity index (χ0v) is 18.2. The first-order valence-electron chi connectivity index (χ1n) is 10.5. The van der Waals surface area contributed by atoms with Crippen LogP contribution in [0.25, 0.3) is 0 Å². The van der Waals surface area contributed by atoms with Gasteiger partial charge in [0.2, 0.25) is 0 Å². The van der Waals surface area contributed by atoms with Crippen molar-refractivity contribution in [1.29, 1.82) is 0 Å². The Morgan fingerprint density at radius 2 is 1.93 bits per heavy atom. The summed E-state index contributed by atoms with van der Waals surface area (Å²) in [4.78, 5) is 6.81. The number of guanidine groups is 1. The molecule has 1 aliphatic rings. The molecule has 28 heavy (non-hydrogen) atoms. The molecule has 2 rings (SSSR count). The number of nitrogens with one attached hydrogen (secondary N) is 2. The first-order valence-corrected chi connectivity index (χ1v) is 12.3. The molecule has 1 heterocycles. The summed E-state index contributed by atoms with van der Waals surface area (Å²) in [6.45, 7) is 5.91. The zero-order valence-electron chi connectivity index (χ0n) is 17.4. The summed E-state index contributed by atoms with van der Waals surface area (Å²) in [5, 5.41) is 6.57. The van der Waals surface area contributed by atoms with Gasteiger partial charge in [-0.05, 0) is 37.8 Å². The fourth-order valence-corrected chi connectivity index (χ4v) is 5.18. The normalized spacial score (nSPS) is 18.8. The molecule has 0 amide bonds. The van der Waals surface area contributed by atoms with Crippen LogP contribution in [-0.2, 0) is 15.6 Å². The van der Waals surface area contributed by atoms with Crippen LogP contribution < -0.4 is 10.6 Å². The monoisotopic (exact) mass is 408 g/mol. The highest BCUT2D eigenvalue weighted by Crippen LogP contribution is 2.18. The van der Waals surface area contributed by atoms with E-state index >= 15 is 0 Å². The number of rotatable bonds is 10. The van der Waals surface area contributed by atoms with Gasteiger partial charge in [-0.1, -0.05) is 43.7 Å². The number of benzene rings is 1. The Bertz CT molecular complexity index is 692. The third-order valence-corrected chi connectivity index (χ3v) is 6.97. The first-order chi connectivity index (χ1) is 13.5. The minimum atomic E-state index is -3.09. The van der Waals surface area contributed by atoms with E-state index in [4.69, 9.17) is 0 Å². The molecule has 0 aromatic heterocycles. The number of aliphatic imine (C=N–C) groups is 1. The van der Waals surface area contributed by atoms with Crippen LogP contribution >= 0.6 is 0 Å². The van der Waals surface area contributed by atoms with E-state index in [1.165, 1.54) is 32.2 Å². The summed E-state index contributed by atoms with van der Waals surface area (Å²) in [7, 11) is -1.34. The van der Waals surface area contributed by atoms with Crippen molar-refractivity contribution < 1.29 is 8.42 Å². The van der Waals surface area contributed by atoms with Crippen molar-refractivity contribution in [2.75, 3.05) is 39.0 Å². The van der Waals surface area contributed by atoms with Gasteiger partial charge in [-0.2, -0.15) is 0 Å². The van der Waals surface area contributed by atoms with E-state index in [-0.39, 0.29) is 11.5 Å². The van der Waals surface area contributed by atoms with Gasteiger partial charge in [0, 0.05) is 32.7 Å². The summed E-state index contributed by atoms with van der Waals surface area (Å²) in [6.07, 6.45) is 5.73. The van der Waals surface area contributed by atoms with Gasteiger partial charge < -0.3 is 10.6 Å². The molecule has 0 saturated carbocycles. The molecule has 1 atom stereocenters. The van der Waals surface area contributed by atoms with Gasteiger partial charge in [0.15, 0.2) is 15.8 Å². The van der Waals surface area contributed by atoms with Crippen LogP contribution in [0.2, 0.25) is 0 Å². The lowest BCUT2D eigenvalue weighted by molar-refractivity contribution is 0.147. The molecule has 1 fully saturated rings. The quantitative estimate of drug-likeness (QED) is 0.353. The van der Waals surface area contributed by atoms with Gasteiger partial charge in [-0.15, -0.1) is 0 Å². The molecule has 158 valence electrons. The van der Waals surface area contributed by atoms with Crippen LogP contribution in [0.15, 0.2) is 35.3 Å². The van der Waals surface area contributed by atoms with E-state index < -0.39 is 9.84 Å². The molecule has 6 nitrogen and oxygen atoms in total. The molecule has 0 spiro atoms. The predicted molar refractivity (Wildman–Crippen MR) is 117 cm³/mol. The number of sulfone groups is 1. The third-order valence-electron chi connectivity index (χ3n) is 5.29. The van der Waals surface area contributed by atoms with E-state index in [1.807, 2.05) is 30.3 Å². The lowest BCUT2D eigenvalue weighted by atomic mass is 10.0. The van der Waals surface area contributed by atoms with Gasteiger partial charge >= 0.3 is 0 Å². The molecule has 1 aromatic rings. The molecule has 0 bridgehead atoms. The van der Waals surface area contributed by atoms with Crippen LogP contribution in [0.3, 0.4) is 0 Å². The van der Waals surface area contributed by atoms with Gasteiger partial charge in [0.25, 0.3) is 0 Å². The number of likely N-dealkylation sites (tertiary alicyclic amines) is 1. The lowest BCUT2D eigenvalue weighted by Crippen LogP contribution is -2.46. The number of hydrogen-bond donors (Lipinski definition) is 2. The zero-order chi connectivity index (χ0) is 20.2. The van der Waals surface area contributed by atoms with Crippen LogP contribution in [0.4, 0.5) is 0 Å². The summed E-state index contributed by atoms with van der Waals surface area (Å²) in [6, 6.07) is 10.1. The topological polar surface area (TPSA) is 73.8 Å². The van der Waals surface area contributed by atoms with Crippen molar-refractivity contribution >= 4 is 15.8 Å². The molecular formula is C21H36N4O2S. The second-order valence-electron chi connectivity index (χ2n) is 7.45. The second kappa shape index (κ2) is 12.1. The molecule has 2 N–H and O–H groups in total. The van der Waals surface area contributed by atoms with Crippen LogP contribution in [0.5, 0.6) is 0 Å². The summed E-state index contributed by atoms with van der Waals surface area (Å²) in [5.74, 6) is 1.03. The SMILES string of the molecule is CCC1CCCCN1CCNC(=NC)NCCCS(=O)(=O)Cc1ccccc1. The molecule has 1 aliphatic heterocycles. The van der Waals surface area contributed by atoms with Crippen molar-refractivity contribution in [1.82, 2.24) is 15.5 Å². The molecule has 1 saturated heterocycles. The molecule has 1 unspecified atom stereocenters. The highest BCUT2D eigenvalue weighted by molar-refractivity contribution is 7.90. The Hall–Kier alpha value is -1.60. The van der Waals surface area contributed by atoms with Gasteiger partial charge in [-0.25, -0.2) is 8.42 Å². The lowest BCUT2D eigenvalue weighted by Gasteiger charge is -2.35. The van der Waals surface area contributed by atoms with E-state index in [9.17, 15) is 8.42 Å². The Labute approximate surface area is 170 Å². The van der Waals surface area contributed by atoms with Crippen molar-refractivity contribution in [3.05, 3.63) is 35.9 Å². The standard InChI is InChI=1S/C21H36N4O2S/c1-3-20-12-7-8-15-25(20)16-14-24-21(22-2)23-13-9-17-28(26,27)18-19-10-5-4-6-11-19/h4-6,10-11,20H,3,7-9,12-18H2,1-2H3,(H2,22,23,24). The van der Waals surface area contributed by atoms with E-state index in [2.05, 4.69) is 27.4 Å². The Kier molecular flexibility index (Phi) is 9.78. The Morgan fingerprint density at radius 1 is 1.18 bits per heavy atom. The third kappa shape index (κ3) is 8.19. The molecular weight excluding hydrogens is 372 g/mol. The summed E-state index contributed by atoms with van der Waals surface area (Å²) < 4.78 is 24.5. The van der Waals surface area contributed by atoms with Crippen LogP contribution in [-0.4, -0.2) is 64.3 Å². The highest BCUT2D eigenvalue weighted by Gasteiger charge is 2.20. The largest absolute Gasteiger partial charge is 0.356 e. The maximum Gasteiger partial charge on any atom is 0.191 e. The van der Waals surface area contributed by atoms with Gasteiger partial charge in [-0.3, -0.25) is 9.89 Å². The summed E-state index contributed by atoms with van der Waals surface area (Å²) >= 11 is 0. The van der Waals surface area contributed by atoms with Crippen molar-refractivity contribution in [3.8, 4) is 0 Å². The Morgan fingerprint density at radius 3 is 2.64 bits per heavy atom. The average Bonchev–Trinajstić information content (AvgIpc) is 2.70. The van der Waals surface area contributed by atoms with Gasteiger partial charge in [0.05, 0.1) is 11.5 Å². The number of piperidine rings is 1. The van der Waals surface area contributed by atoms with E-state index in [1.54, 1.807) is 7.05 Å². The Balaban J connectivity index is 1.64. The highest BCUT2D eigenvalue weighted by atomic mass is 32.2. The molecule has 1 aromatic carbocycles. The maximum absolute atomic E-state index is 12.2. The number of hydrogen-bond acceptors (Lipinski definition) is 4. The van der Waals surface area contributed by atoms with E-state index in [0.29, 0.717) is 19.0 Å². The fourth-order valence-electron chi connectivity index (χ4n) is 3.75. The minimum absolute atomic E-state index is 0.106. The second-order valence-corrected chi connectivity index (χ2v) is 9.63. The van der Waals surface area contributed by atoms with Crippen LogP contribution in [0.1, 0.15) is 44.6 Å². The van der Waals surface area contributed by atoms with Gasteiger partial charge in [0.1, 0.15) is 0 Å². The van der Waals surface area contributed by atoms with Crippen molar-refractivity contribution in [3.63, 3.8) is 0 Å². The number of nitrogens with zero attached hydrogens (tertiary/aromatic N) is 2. The van der Waals surface area contributed by atoms with Crippen molar-refractivity contribution in [2.45, 2.75) is 50.8 Å². The molecule has 0 radical (unpaired) electrons. The smallest absolute Gasteiger partial charge is 0.191 e. The van der Waals surface area contributed by atoms with Crippen LogP contribution in [0, 0.1) is 0 Å². The summed E-state index contributed by atoms with van der Waals surface area (Å²) in [5.41, 5.74) is 0.844. The average molecular weight is 409 g/mol. The molecule has 0 aliphatic carbocycles. The van der Waals surface area contributed by atoms with Crippen molar-refractivity contribution in [2.24, 2.45) is 4.99 Å². The fraction of sp³-hybridized carbons (Fsp3) is 0.667. The maximum atomic E-state index is 12.2. The minimum Gasteiger partial charge on any atom is -0.356 e. The van der Waals surface area contributed by atoms with E-state index in [0.717, 1.165) is 24.6 Å².